The van der Waals surface area contributed by atoms with Gasteiger partial charge in [-0.1, -0.05) is 35.3 Å². The number of hydrogen-bond donors (Lipinski definition) is 2. The molecule has 0 radical (unpaired) electrons. The number of nitrogens with one attached hydrogen (secondary N) is 1. The molecular weight excluding hydrogens is 365 g/mol. The van der Waals surface area contributed by atoms with Crippen LogP contribution in [0.4, 0.5) is 0 Å². The summed E-state index contributed by atoms with van der Waals surface area (Å²) in [4.78, 5) is 26.4. The molecule has 2 aromatic carbocycles. The van der Waals surface area contributed by atoms with Crippen molar-refractivity contribution in [3.63, 3.8) is 0 Å². The van der Waals surface area contributed by atoms with Gasteiger partial charge >= 0.3 is 5.69 Å². The van der Waals surface area contributed by atoms with Crippen LogP contribution in [0, 0.1) is 0 Å². The lowest BCUT2D eigenvalue weighted by Crippen LogP contribution is -2.32. The first-order valence-corrected chi connectivity index (χ1v) is 8.29. The van der Waals surface area contributed by atoms with Crippen molar-refractivity contribution in [3.8, 4) is 5.75 Å². The Morgan fingerprint density at radius 3 is 2.72 bits per heavy atom. The molecule has 130 valence electrons. The van der Waals surface area contributed by atoms with E-state index in [2.05, 4.69) is 4.98 Å². The first kappa shape index (κ1) is 17.5. The Hall–Kier alpha value is -2.28. The van der Waals surface area contributed by atoms with Gasteiger partial charge in [-0.2, -0.15) is 0 Å². The Kier molecular flexibility index (Phi) is 5.13. The van der Waals surface area contributed by atoms with Gasteiger partial charge in [-0.3, -0.25) is 14.3 Å². The number of aromatic nitrogens is 2. The molecule has 0 saturated heterocycles. The number of H-pyrrole nitrogens is 1. The van der Waals surface area contributed by atoms with Crippen molar-refractivity contribution in [2.24, 2.45) is 5.73 Å². The molecule has 25 heavy (non-hydrogen) atoms. The van der Waals surface area contributed by atoms with Gasteiger partial charge < -0.3 is 10.5 Å². The molecule has 0 saturated carbocycles. The van der Waals surface area contributed by atoms with E-state index in [1.807, 2.05) is 18.2 Å². The minimum Gasteiger partial charge on any atom is -0.492 e. The molecule has 0 aliphatic carbocycles. The molecule has 0 aliphatic heterocycles. The second-order valence-electron chi connectivity index (χ2n) is 5.39. The lowest BCUT2D eigenvalue weighted by Gasteiger charge is -2.12. The van der Waals surface area contributed by atoms with E-state index in [0.717, 1.165) is 5.56 Å². The van der Waals surface area contributed by atoms with Gasteiger partial charge in [-0.25, -0.2) is 4.79 Å². The Morgan fingerprint density at radius 1 is 1.16 bits per heavy atom. The number of ether oxygens (including phenoxy) is 1. The van der Waals surface area contributed by atoms with Crippen molar-refractivity contribution >= 4 is 34.1 Å². The first-order chi connectivity index (χ1) is 12.0. The smallest absolute Gasteiger partial charge is 0.328 e. The molecule has 0 aliphatic rings. The van der Waals surface area contributed by atoms with Gasteiger partial charge in [0.15, 0.2) is 0 Å². The van der Waals surface area contributed by atoms with Crippen molar-refractivity contribution in [1.29, 1.82) is 0 Å². The predicted octanol–water partition coefficient (Wildman–Crippen LogP) is 2.53. The number of halogens is 2. The summed E-state index contributed by atoms with van der Waals surface area (Å²) in [5.74, 6) is 0.654. The maximum Gasteiger partial charge on any atom is 0.328 e. The van der Waals surface area contributed by atoms with Crippen LogP contribution in [0.5, 0.6) is 5.75 Å². The molecule has 1 aromatic heterocycles. The molecule has 3 aromatic rings. The largest absolute Gasteiger partial charge is 0.492 e. The zero-order chi connectivity index (χ0) is 18.0. The van der Waals surface area contributed by atoms with Crippen molar-refractivity contribution in [3.05, 3.63) is 72.8 Å². The third-order valence-electron chi connectivity index (χ3n) is 3.74. The van der Waals surface area contributed by atoms with Crippen LogP contribution in [0.15, 0.2) is 46.0 Å². The Bertz CT molecular complexity index is 1040. The zero-order valence-corrected chi connectivity index (χ0v) is 14.6. The monoisotopic (exact) mass is 379 g/mol. The van der Waals surface area contributed by atoms with E-state index >= 15 is 0 Å². The van der Waals surface area contributed by atoms with Gasteiger partial charge in [0.2, 0.25) is 0 Å². The van der Waals surface area contributed by atoms with Gasteiger partial charge in [0.1, 0.15) is 12.4 Å². The standard InChI is InChI=1S/C17H15Cl2N3O3/c18-11-7-13(19)15-14(8-11)22(17(24)21-16(15)23)4-5-25-12-3-1-2-10(6-12)9-20/h1-3,6-8H,4-5,9,20H2,(H,21,23,24). The van der Waals surface area contributed by atoms with Crippen LogP contribution in [0.3, 0.4) is 0 Å². The van der Waals surface area contributed by atoms with E-state index in [1.54, 1.807) is 6.07 Å². The van der Waals surface area contributed by atoms with E-state index < -0.39 is 11.2 Å². The molecule has 3 rings (SSSR count). The highest BCUT2D eigenvalue weighted by Gasteiger charge is 2.12. The number of fused-ring (bicyclic) bond motifs is 1. The third kappa shape index (κ3) is 3.71. The molecule has 6 nitrogen and oxygen atoms in total. The minimum absolute atomic E-state index is 0.189. The van der Waals surface area contributed by atoms with Gasteiger partial charge in [-0.05, 0) is 29.8 Å². The van der Waals surface area contributed by atoms with E-state index in [0.29, 0.717) is 22.8 Å². The maximum atomic E-state index is 12.2. The van der Waals surface area contributed by atoms with Crippen molar-refractivity contribution in [1.82, 2.24) is 9.55 Å². The fourth-order valence-electron chi connectivity index (χ4n) is 2.57. The Balaban J connectivity index is 1.91. The summed E-state index contributed by atoms with van der Waals surface area (Å²) in [6, 6.07) is 10.4. The van der Waals surface area contributed by atoms with E-state index in [1.165, 1.54) is 16.7 Å². The fourth-order valence-corrected chi connectivity index (χ4v) is 3.14. The molecule has 0 amide bonds. The number of hydrogen-bond acceptors (Lipinski definition) is 4. The van der Waals surface area contributed by atoms with Gasteiger partial charge in [0.05, 0.1) is 22.5 Å². The number of rotatable bonds is 5. The molecule has 0 fully saturated rings. The summed E-state index contributed by atoms with van der Waals surface area (Å²) in [6.07, 6.45) is 0. The van der Waals surface area contributed by atoms with Gasteiger partial charge in [0.25, 0.3) is 5.56 Å². The van der Waals surface area contributed by atoms with Crippen LogP contribution in [0.2, 0.25) is 10.0 Å². The predicted molar refractivity (Wildman–Crippen MR) is 98.7 cm³/mol. The summed E-state index contributed by atoms with van der Waals surface area (Å²) in [6.45, 7) is 0.854. The van der Waals surface area contributed by atoms with Crippen LogP contribution in [0.1, 0.15) is 5.56 Å². The van der Waals surface area contributed by atoms with E-state index in [9.17, 15) is 9.59 Å². The van der Waals surface area contributed by atoms with Crippen LogP contribution in [-0.2, 0) is 13.1 Å². The highest BCUT2D eigenvalue weighted by Crippen LogP contribution is 2.24. The normalized spacial score (nSPS) is 11.0. The Morgan fingerprint density at radius 2 is 1.96 bits per heavy atom. The minimum atomic E-state index is -0.547. The fraction of sp³-hybridized carbons (Fsp3) is 0.176. The summed E-state index contributed by atoms with van der Waals surface area (Å²) in [7, 11) is 0. The summed E-state index contributed by atoms with van der Waals surface area (Å²) in [5, 5.41) is 0.748. The highest BCUT2D eigenvalue weighted by atomic mass is 35.5. The molecule has 8 heteroatoms. The Labute approximate surface area is 152 Å². The quantitative estimate of drug-likeness (QED) is 0.712. The summed E-state index contributed by atoms with van der Waals surface area (Å²) in [5.41, 5.74) is 5.82. The molecular formula is C17H15Cl2N3O3. The molecule has 0 unspecified atom stereocenters. The van der Waals surface area contributed by atoms with Crippen LogP contribution in [0.25, 0.3) is 10.9 Å². The number of aromatic amines is 1. The second-order valence-corrected chi connectivity index (χ2v) is 6.24. The molecule has 0 atom stereocenters. The van der Waals surface area contributed by atoms with E-state index in [4.69, 9.17) is 33.7 Å². The second kappa shape index (κ2) is 7.31. The summed E-state index contributed by atoms with van der Waals surface area (Å²) < 4.78 is 7.05. The van der Waals surface area contributed by atoms with Crippen LogP contribution < -0.4 is 21.7 Å². The van der Waals surface area contributed by atoms with Gasteiger partial charge in [-0.15, -0.1) is 0 Å². The van der Waals surface area contributed by atoms with Crippen molar-refractivity contribution in [2.45, 2.75) is 13.1 Å². The lowest BCUT2D eigenvalue weighted by atomic mass is 10.2. The third-order valence-corrected chi connectivity index (χ3v) is 4.25. The number of nitrogens with zero attached hydrogens (tertiary/aromatic N) is 1. The SMILES string of the molecule is NCc1cccc(OCCn2c(=O)[nH]c(=O)c3c(Cl)cc(Cl)cc32)c1. The maximum absolute atomic E-state index is 12.2. The average Bonchev–Trinajstić information content (AvgIpc) is 2.57. The van der Waals surface area contributed by atoms with Crippen LogP contribution in [-0.4, -0.2) is 16.2 Å². The molecule has 1 heterocycles. The number of benzene rings is 2. The average molecular weight is 380 g/mol. The first-order valence-electron chi connectivity index (χ1n) is 7.53. The molecule has 3 N–H and O–H groups in total. The van der Waals surface area contributed by atoms with Crippen molar-refractivity contribution < 1.29 is 4.74 Å². The van der Waals surface area contributed by atoms with Crippen LogP contribution >= 0.6 is 23.2 Å². The van der Waals surface area contributed by atoms with Crippen molar-refractivity contribution in [2.75, 3.05) is 6.61 Å². The highest BCUT2D eigenvalue weighted by molar-refractivity contribution is 6.38. The zero-order valence-electron chi connectivity index (χ0n) is 13.1. The molecule has 0 bridgehead atoms. The van der Waals surface area contributed by atoms with E-state index in [-0.39, 0.29) is 23.6 Å². The number of nitrogens with two attached hydrogens (primary N) is 1. The van der Waals surface area contributed by atoms with Gasteiger partial charge in [0, 0.05) is 11.6 Å². The topological polar surface area (TPSA) is 90.1 Å². The molecule has 0 spiro atoms. The summed E-state index contributed by atoms with van der Waals surface area (Å²) >= 11 is 12.1. The lowest BCUT2D eigenvalue weighted by molar-refractivity contribution is 0.297.